The highest BCUT2D eigenvalue weighted by atomic mass is 32.2. The molecule has 4 N–H and O–H groups in total. The Morgan fingerprint density at radius 2 is 1.56 bits per heavy atom. The molecule has 0 aliphatic rings. The van der Waals surface area contributed by atoms with Gasteiger partial charge in [-0.3, -0.25) is 18.7 Å². The van der Waals surface area contributed by atoms with Gasteiger partial charge in [-0.15, -0.1) is 0 Å². The number of ether oxygens (including phenoxy) is 1. The summed E-state index contributed by atoms with van der Waals surface area (Å²) >= 11 is 0. The molecule has 0 saturated carbocycles. The van der Waals surface area contributed by atoms with Crippen LogP contribution in [0, 0.1) is 0 Å². The van der Waals surface area contributed by atoms with Crippen LogP contribution >= 0.6 is 0 Å². The van der Waals surface area contributed by atoms with E-state index in [0.717, 1.165) is 0 Å². The van der Waals surface area contributed by atoms with E-state index in [2.05, 4.69) is 4.74 Å². The van der Waals surface area contributed by atoms with E-state index in [0.29, 0.717) is 18.7 Å². The predicted octanol–water partition coefficient (Wildman–Crippen LogP) is 0.120. The topological polar surface area (TPSA) is 193 Å². The molecule has 0 aromatic heterocycles. The fourth-order valence-corrected chi connectivity index (χ4v) is 2.56. The second-order valence-corrected chi connectivity index (χ2v) is 7.23. The minimum atomic E-state index is -4.92. The summed E-state index contributed by atoms with van der Waals surface area (Å²) in [6, 6.07) is 0.735. The van der Waals surface area contributed by atoms with Crippen molar-refractivity contribution in [1.82, 2.24) is 0 Å². The Balaban J connectivity index is 0.000000547. The lowest BCUT2D eigenvalue weighted by Crippen LogP contribution is -2.07. The van der Waals surface area contributed by atoms with Crippen LogP contribution in [0.2, 0.25) is 0 Å². The Kier molecular flexibility index (Phi) is 7.98. The largest absolute Gasteiger partial charge is 0.504 e. The normalized spacial score (nSPS) is 11.2. The van der Waals surface area contributed by atoms with Gasteiger partial charge in [0.15, 0.2) is 11.5 Å². The van der Waals surface area contributed by atoms with Crippen molar-refractivity contribution >= 4 is 32.0 Å². The monoisotopic (exact) mass is 400 g/mol. The van der Waals surface area contributed by atoms with Gasteiger partial charge in [-0.1, -0.05) is 0 Å². The molecule has 25 heavy (non-hydrogen) atoms. The standard InChI is InChI=1S/C6H6O8S2.C6H10O3/c7-4-1-3(15(9,10)11)2-5(6(4)8)16(12,13)14;1-3-9-6(8)4-5(2)7/h1-2,7-8H,(H,9,10,11)(H,12,13,14);3-4H2,1-2H3. The highest BCUT2D eigenvalue weighted by Gasteiger charge is 2.23. The first kappa shape index (κ1) is 22.8. The van der Waals surface area contributed by atoms with E-state index in [1.165, 1.54) is 6.92 Å². The molecule has 0 radical (unpaired) electrons. The molecule has 1 aromatic carbocycles. The predicted molar refractivity (Wildman–Crippen MR) is 81.3 cm³/mol. The summed E-state index contributed by atoms with van der Waals surface area (Å²) in [5, 5.41) is 18.1. The third kappa shape index (κ3) is 7.93. The summed E-state index contributed by atoms with van der Waals surface area (Å²) in [4.78, 5) is 18.4. The zero-order valence-electron chi connectivity index (χ0n) is 13.0. The number of hydrogen-bond donors (Lipinski definition) is 4. The molecule has 0 heterocycles. The molecule has 0 aliphatic heterocycles. The van der Waals surface area contributed by atoms with Gasteiger partial charge in [0.05, 0.1) is 11.5 Å². The average molecular weight is 400 g/mol. The van der Waals surface area contributed by atoms with Gasteiger partial charge >= 0.3 is 5.97 Å². The SMILES string of the molecule is CCOC(=O)CC(C)=O.O=S(=O)(O)c1cc(O)c(O)c(S(=O)(=O)O)c1. The minimum Gasteiger partial charge on any atom is -0.504 e. The van der Waals surface area contributed by atoms with Gasteiger partial charge in [-0.2, -0.15) is 16.8 Å². The molecule has 0 unspecified atom stereocenters. The Hall–Kier alpha value is -2.22. The van der Waals surface area contributed by atoms with Crippen molar-refractivity contribution in [3.05, 3.63) is 12.1 Å². The number of benzene rings is 1. The van der Waals surface area contributed by atoms with Gasteiger partial charge in [0.25, 0.3) is 20.2 Å². The lowest BCUT2D eigenvalue weighted by molar-refractivity contribution is -0.145. The number of esters is 1. The quantitative estimate of drug-likeness (QED) is 0.227. The third-order valence-electron chi connectivity index (χ3n) is 2.30. The zero-order valence-corrected chi connectivity index (χ0v) is 14.7. The molecule has 0 saturated heterocycles. The fourth-order valence-electron chi connectivity index (χ4n) is 1.33. The molecule has 1 rings (SSSR count). The summed E-state index contributed by atoms with van der Waals surface area (Å²) in [6.07, 6.45) is -0.103. The molecule has 0 amide bonds. The Bertz CT molecular complexity index is 853. The van der Waals surface area contributed by atoms with Gasteiger partial charge in [-0.25, -0.2) is 0 Å². The van der Waals surface area contributed by atoms with Crippen molar-refractivity contribution in [2.75, 3.05) is 6.61 Å². The molecule has 0 bridgehead atoms. The van der Waals surface area contributed by atoms with Crippen LogP contribution in [0.5, 0.6) is 11.5 Å². The smallest absolute Gasteiger partial charge is 0.313 e. The van der Waals surface area contributed by atoms with Crippen molar-refractivity contribution in [1.29, 1.82) is 0 Å². The second-order valence-electron chi connectivity index (χ2n) is 4.42. The van der Waals surface area contributed by atoms with E-state index in [1.54, 1.807) is 6.92 Å². The number of carbonyl (C=O) groups is 2. The maximum Gasteiger partial charge on any atom is 0.313 e. The van der Waals surface area contributed by atoms with Crippen LogP contribution in [0.15, 0.2) is 21.9 Å². The Morgan fingerprint density at radius 3 is 1.92 bits per heavy atom. The van der Waals surface area contributed by atoms with E-state index < -0.39 is 47.5 Å². The molecule has 0 aliphatic carbocycles. The number of phenols is 2. The van der Waals surface area contributed by atoms with E-state index in [4.69, 9.17) is 19.3 Å². The van der Waals surface area contributed by atoms with Crippen LogP contribution in [-0.4, -0.2) is 54.5 Å². The van der Waals surface area contributed by atoms with Gasteiger partial charge in [0, 0.05) is 6.07 Å². The molecule has 1 aromatic rings. The van der Waals surface area contributed by atoms with Crippen LogP contribution in [0.4, 0.5) is 0 Å². The highest BCUT2D eigenvalue weighted by Crippen LogP contribution is 2.34. The maximum absolute atomic E-state index is 10.7. The number of ketones is 1. The molecule has 13 heteroatoms. The molecule has 0 atom stereocenters. The average Bonchev–Trinajstić information content (AvgIpc) is 2.39. The lowest BCUT2D eigenvalue weighted by Gasteiger charge is -2.05. The van der Waals surface area contributed by atoms with Crippen LogP contribution in [0.3, 0.4) is 0 Å². The Labute approximate surface area is 143 Å². The van der Waals surface area contributed by atoms with E-state index in [-0.39, 0.29) is 12.2 Å². The number of aromatic hydroxyl groups is 2. The van der Waals surface area contributed by atoms with E-state index in [1.807, 2.05) is 0 Å². The van der Waals surface area contributed by atoms with Crippen molar-refractivity contribution in [3.63, 3.8) is 0 Å². The second kappa shape index (κ2) is 8.75. The highest BCUT2D eigenvalue weighted by molar-refractivity contribution is 7.86. The van der Waals surface area contributed by atoms with E-state index in [9.17, 15) is 26.4 Å². The summed E-state index contributed by atoms with van der Waals surface area (Å²) in [6.45, 7) is 3.40. The van der Waals surface area contributed by atoms with Crippen LogP contribution in [-0.2, 0) is 34.6 Å². The van der Waals surface area contributed by atoms with Crippen molar-refractivity contribution in [3.8, 4) is 11.5 Å². The maximum atomic E-state index is 10.7. The molecular formula is C12H16O11S2. The molecule has 0 fully saturated rings. The number of hydrogen-bond acceptors (Lipinski definition) is 9. The Morgan fingerprint density at radius 1 is 1.04 bits per heavy atom. The number of rotatable bonds is 5. The first-order chi connectivity index (χ1) is 11.2. The van der Waals surface area contributed by atoms with Crippen LogP contribution in [0.1, 0.15) is 20.3 Å². The van der Waals surface area contributed by atoms with Crippen molar-refractivity contribution in [2.24, 2.45) is 0 Å². The molecular weight excluding hydrogens is 384 g/mol. The third-order valence-corrected chi connectivity index (χ3v) is 4.00. The number of Topliss-reactive ketones (excluding diaryl/α,β-unsaturated/α-hetero) is 1. The van der Waals surface area contributed by atoms with Crippen LogP contribution < -0.4 is 0 Å². The summed E-state index contributed by atoms with van der Waals surface area (Å²) in [7, 11) is -9.70. The molecule has 142 valence electrons. The van der Waals surface area contributed by atoms with Gasteiger partial charge < -0.3 is 14.9 Å². The first-order valence-corrected chi connectivity index (χ1v) is 9.24. The summed E-state index contributed by atoms with van der Waals surface area (Å²) in [5.41, 5.74) is 0. The molecule has 11 nitrogen and oxygen atoms in total. The van der Waals surface area contributed by atoms with Crippen LogP contribution in [0.25, 0.3) is 0 Å². The summed E-state index contributed by atoms with van der Waals surface area (Å²) < 4.78 is 64.4. The van der Waals surface area contributed by atoms with Gasteiger partial charge in [0.1, 0.15) is 17.1 Å². The zero-order chi connectivity index (χ0) is 20.0. The number of carbonyl (C=O) groups excluding carboxylic acids is 2. The van der Waals surface area contributed by atoms with Crippen molar-refractivity contribution in [2.45, 2.75) is 30.1 Å². The van der Waals surface area contributed by atoms with Crippen molar-refractivity contribution < 1.29 is 50.5 Å². The number of phenolic OH excluding ortho intramolecular Hbond substituents is 2. The summed E-state index contributed by atoms with van der Waals surface area (Å²) in [5.74, 6) is -2.92. The first-order valence-electron chi connectivity index (χ1n) is 6.36. The molecule has 0 spiro atoms. The van der Waals surface area contributed by atoms with Gasteiger partial charge in [0.2, 0.25) is 0 Å². The van der Waals surface area contributed by atoms with E-state index >= 15 is 0 Å². The van der Waals surface area contributed by atoms with Gasteiger partial charge in [-0.05, 0) is 19.9 Å². The minimum absolute atomic E-state index is 0.103. The lowest BCUT2D eigenvalue weighted by atomic mass is 10.3. The fraction of sp³-hybridized carbons (Fsp3) is 0.333.